The zero-order valence-corrected chi connectivity index (χ0v) is 25.7. The second-order valence-electron chi connectivity index (χ2n) is 11.6. The number of nitrogens with zero attached hydrogens (tertiary/aromatic N) is 2. The van der Waals surface area contributed by atoms with E-state index in [1.807, 2.05) is 11.3 Å². The number of thiophene rings is 1. The quantitative estimate of drug-likeness (QED) is 0.195. The Morgan fingerprint density at radius 3 is 2.13 bits per heavy atom. The van der Waals surface area contributed by atoms with Gasteiger partial charge in [0.25, 0.3) is 0 Å². The highest BCUT2D eigenvalue weighted by Crippen LogP contribution is 2.44. The third-order valence-electron chi connectivity index (χ3n) is 9.03. The van der Waals surface area contributed by atoms with Gasteiger partial charge in [0, 0.05) is 47.6 Å². The van der Waals surface area contributed by atoms with Crippen molar-refractivity contribution in [2.75, 3.05) is 0 Å². The number of benzene rings is 7. The van der Waals surface area contributed by atoms with E-state index < -0.39 is 0 Å². The van der Waals surface area contributed by atoms with Gasteiger partial charge >= 0.3 is 0 Å². The molecule has 0 fully saturated rings. The van der Waals surface area contributed by atoms with Gasteiger partial charge in [-0.3, -0.25) is 0 Å². The first-order chi connectivity index (χ1) is 22.3. The Morgan fingerprint density at radius 1 is 0.489 bits per heavy atom. The van der Waals surface area contributed by atoms with Crippen LogP contribution in [0.2, 0.25) is 0 Å². The van der Waals surface area contributed by atoms with Crippen molar-refractivity contribution in [2.45, 2.75) is 0 Å². The number of hydrogen-bond donors (Lipinski definition) is 0. The van der Waals surface area contributed by atoms with Crippen molar-refractivity contribution in [3.05, 3.63) is 146 Å². The van der Waals surface area contributed by atoms with Gasteiger partial charge in [0.1, 0.15) is 5.01 Å². The van der Waals surface area contributed by atoms with Gasteiger partial charge in [-0.1, -0.05) is 91.0 Å². The first-order valence-corrected chi connectivity index (χ1v) is 16.8. The van der Waals surface area contributed by atoms with Crippen LogP contribution in [0.3, 0.4) is 0 Å². The molecule has 0 unspecified atom stereocenters. The van der Waals surface area contributed by atoms with Gasteiger partial charge in [-0.25, -0.2) is 4.98 Å². The fourth-order valence-corrected chi connectivity index (χ4v) is 9.22. The molecule has 0 saturated carbocycles. The molecule has 0 N–H and O–H groups in total. The molecule has 0 aliphatic rings. The second-order valence-corrected chi connectivity index (χ2v) is 13.7. The summed E-state index contributed by atoms with van der Waals surface area (Å²) in [5.41, 5.74) is 8.32. The lowest BCUT2D eigenvalue weighted by Gasteiger charge is -2.10. The van der Waals surface area contributed by atoms with Crippen molar-refractivity contribution in [2.24, 2.45) is 0 Å². The minimum atomic E-state index is 1.05. The Hall–Kier alpha value is -5.29. The lowest BCUT2D eigenvalue weighted by molar-refractivity contribution is 1.19. The highest BCUT2D eigenvalue weighted by atomic mass is 32.1. The van der Waals surface area contributed by atoms with Crippen LogP contribution in [0, 0.1) is 0 Å². The van der Waals surface area contributed by atoms with E-state index in [2.05, 4.69) is 150 Å². The smallest absolute Gasteiger partial charge is 0.124 e. The van der Waals surface area contributed by atoms with Gasteiger partial charge in [-0.2, -0.15) is 0 Å². The normalized spacial score (nSPS) is 12.0. The summed E-state index contributed by atoms with van der Waals surface area (Å²) in [5.74, 6) is 0. The van der Waals surface area contributed by atoms with Crippen molar-refractivity contribution in [3.8, 4) is 27.4 Å². The highest BCUT2D eigenvalue weighted by Gasteiger charge is 2.17. The van der Waals surface area contributed by atoms with Crippen LogP contribution < -0.4 is 0 Å². The summed E-state index contributed by atoms with van der Waals surface area (Å²) in [4.78, 5) is 5.15. The molecule has 0 saturated heterocycles. The third kappa shape index (κ3) is 3.77. The minimum absolute atomic E-state index is 1.05. The average molecular weight is 609 g/mol. The number of fused-ring (bicyclic) bond motifs is 10. The second kappa shape index (κ2) is 9.60. The first kappa shape index (κ1) is 25.1. The molecule has 45 heavy (non-hydrogen) atoms. The zero-order valence-electron chi connectivity index (χ0n) is 24.1. The van der Waals surface area contributed by atoms with Gasteiger partial charge in [0.15, 0.2) is 0 Å². The van der Waals surface area contributed by atoms with E-state index in [0.717, 1.165) is 21.8 Å². The number of rotatable bonds is 3. The molecular weight excluding hydrogens is 585 g/mol. The summed E-state index contributed by atoms with van der Waals surface area (Å²) < 4.78 is 6.31. The van der Waals surface area contributed by atoms with Crippen molar-refractivity contribution < 1.29 is 0 Å². The number of hydrogen-bond acceptors (Lipinski definition) is 3. The molecule has 210 valence electrons. The molecule has 7 aromatic carbocycles. The van der Waals surface area contributed by atoms with Gasteiger partial charge < -0.3 is 4.57 Å². The predicted molar refractivity (Wildman–Crippen MR) is 195 cm³/mol. The van der Waals surface area contributed by atoms with Gasteiger partial charge in [0.2, 0.25) is 0 Å². The monoisotopic (exact) mass is 608 g/mol. The van der Waals surface area contributed by atoms with Crippen LogP contribution in [0.4, 0.5) is 0 Å². The molecule has 0 bridgehead atoms. The summed E-state index contributed by atoms with van der Waals surface area (Å²) in [7, 11) is 0. The molecule has 0 aliphatic heterocycles. The van der Waals surface area contributed by atoms with Crippen LogP contribution in [0.1, 0.15) is 0 Å². The Labute approximate surface area is 267 Å². The molecular formula is C41H24N2S2. The Morgan fingerprint density at radius 2 is 1.24 bits per heavy atom. The predicted octanol–water partition coefficient (Wildman–Crippen LogP) is 12.2. The van der Waals surface area contributed by atoms with Crippen molar-refractivity contribution in [1.82, 2.24) is 9.55 Å². The van der Waals surface area contributed by atoms with E-state index in [0.29, 0.717) is 0 Å². The van der Waals surface area contributed by atoms with Crippen LogP contribution >= 0.6 is 22.7 Å². The largest absolute Gasteiger partial charge is 0.309 e. The van der Waals surface area contributed by atoms with E-state index in [1.54, 1.807) is 11.3 Å². The van der Waals surface area contributed by atoms with Crippen LogP contribution in [0.5, 0.6) is 0 Å². The summed E-state index contributed by atoms with van der Waals surface area (Å²) in [6, 6.07) is 52.8. The maximum atomic E-state index is 5.15. The summed E-state index contributed by atoms with van der Waals surface area (Å²) >= 11 is 3.66. The Bertz CT molecular complexity index is 2750. The number of para-hydroxylation sites is 1. The molecule has 3 aromatic heterocycles. The fraction of sp³-hybridized carbons (Fsp3) is 0. The van der Waals surface area contributed by atoms with Gasteiger partial charge in [-0.05, 0) is 71.1 Å². The third-order valence-corrected chi connectivity index (χ3v) is 11.3. The maximum Gasteiger partial charge on any atom is 0.124 e. The van der Waals surface area contributed by atoms with Gasteiger partial charge in [0.05, 0.1) is 21.3 Å². The Kier molecular flexibility index (Phi) is 5.35. The molecule has 0 atom stereocenters. The van der Waals surface area contributed by atoms with E-state index in [-0.39, 0.29) is 0 Å². The Balaban J connectivity index is 1.13. The molecule has 0 spiro atoms. The van der Waals surface area contributed by atoms with E-state index >= 15 is 0 Å². The van der Waals surface area contributed by atoms with Crippen LogP contribution in [-0.2, 0) is 0 Å². The van der Waals surface area contributed by atoms with E-state index in [1.165, 1.54) is 68.6 Å². The summed E-state index contributed by atoms with van der Waals surface area (Å²) in [5, 5.41) is 8.76. The fourth-order valence-electron chi connectivity index (χ4n) is 6.93. The lowest BCUT2D eigenvalue weighted by atomic mass is 10.0. The maximum absolute atomic E-state index is 5.15. The highest BCUT2D eigenvalue weighted by molar-refractivity contribution is 7.28. The summed E-state index contributed by atoms with van der Waals surface area (Å²) in [6.45, 7) is 0. The number of aromatic nitrogens is 2. The molecule has 3 heterocycles. The molecule has 0 aliphatic carbocycles. The molecule has 4 heteroatoms. The summed E-state index contributed by atoms with van der Waals surface area (Å²) in [6.07, 6.45) is 0. The SMILES string of the molecule is c1ccc(-c2ccc3sc4ccc5nc(-c6ccc(-n7c8ccccc8c8ccc9ccccc9c87)cc6)sc5c4c3c2)cc1. The van der Waals surface area contributed by atoms with E-state index in [9.17, 15) is 0 Å². The minimum Gasteiger partial charge on any atom is -0.309 e. The molecule has 10 rings (SSSR count). The topological polar surface area (TPSA) is 17.8 Å². The first-order valence-electron chi connectivity index (χ1n) is 15.1. The van der Waals surface area contributed by atoms with Crippen molar-refractivity contribution in [3.63, 3.8) is 0 Å². The van der Waals surface area contributed by atoms with Crippen molar-refractivity contribution >= 4 is 85.6 Å². The molecule has 10 aromatic rings. The molecule has 2 nitrogen and oxygen atoms in total. The van der Waals surface area contributed by atoms with E-state index in [4.69, 9.17) is 4.98 Å². The lowest BCUT2D eigenvalue weighted by Crippen LogP contribution is -1.94. The van der Waals surface area contributed by atoms with Crippen LogP contribution in [0.25, 0.3) is 90.4 Å². The molecule has 0 radical (unpaired) electrons. The average Bonchev–Trinajstić information content (AvgIpc) is 3.80. The zero-order chi connectivity index (χ0) is 29.5. The van der Waals surface area contributed by atoms with Gasteiger partial charge in [-0.15, -0.1) is 22.7 Å². The molecule has 0 amide bonds. The van der Waals surface area contributed by atoms with Crippen molar-refractivity contribution in [1.29, 1.82) is 0 Å². The van der Waals surface area contributed by atoms with Crippen LogP contribution in [0.15, 0.2) is 146 Å². The number of thiazole rings is 1. The standard InChI is InChI=1S/C41H24N2S2/c1-2-8-25(9-3-1)28-17-22-36-33(24-28)38-37(44-36)23-21-34-40(38)45-41(42-34)27-14-18-29(19-15-27)43-35-13-7-6-12-31(35)32-20-16-26-10-4-5-11-30(26)39(32)43/h1-24H. The van der Waals surface area contributed by atoms with Crippen LogP contribution in [-0.4, -0.2) is 9.55 Å².